The van der Waals surface area contributed by atoms with Crippen molar-refractivity contribution >= 4 is 28.9 Å². The summed E-state index contributed by atoms with van der Waals surface area (Å²) in [5.41, 5.74) is 6.04. The number of aromatic nitrogens is 2. The summed E-state index contributed by atoms with van der Waals surface area (Å²) in [5, 5.41) is 9.14. The Kier molecular flexibility index (Phi) is 4.42. The molecule has 0 unspecified atom stereocenters. The van der Waals surface area contributed by atoms with E-state index in [9.17, 15) is 4.79 Å². The third-order valence-corrected chi connectivity index (χ3v) is 2.34. The molecular weight excluding hydrogens is 224 g/mol. The Morgan fingerprint density at radius 1 is 1.69 bits per heavy atom. The molecule has 5 nitrogen and oxygen atoms in total. The first-order valence-corrected chi connectivity index (χ1v) is 5.54. The number of rotatable bonds is 5. The number of carbonyl (C=O) groups excluding carboxylic acids is 1. The summed E-state index contributed by atoms with van der Waals surface area (Å²) < 4.78 is 0. The van der Waals surface area contributed by atoms with Crippen LogP contribution in [0.1, 0.15) is 32.3 Å². The fourth-order valence-electron chi connectivity index (χ4n) is 1.19. The predicted octanol–water partition coefficient (Wildman–Crippen LogP) is 1.42. The molecule has 88 valence electrons. The van der Waals surface area contributed by atoms with E-state index in [2.05, 4.69) is 29.4 Å². The van der Waals surface area contributed by atoms with E-state index in [1.165, 1.54) is 6.20 Å². The summed E-state index contributed by atoms with van der Waals surface area (Å²) in [4.78, 5) is 11.8. The van der Waals surface area contributed by atoms with Gasteiger partial charge in [0.15, 0.2) is 0 Å². The zero-order valence-electron chi connectivity index (χ0n) is 9.41. The second-order valence-corrected chi connectivity index (χ2v) is 4.44. The minimum atomic E-state index is -0.0598. The van der Waals surface area contributed by atoms with Crippen molar-refractivity contribution in [3.8, 4) is 0 Å². The first kappa shape index (κ1) is 12.6. The Balaban J connectivity index is 2.56. The van der Waals surface area contributed by atoms with E-state index in [0.29, 0.717) is 23.7 Å². The number of nitrogens with one attached hydrogen (secondary N) is 2. The molecule has 0 saturated heterocycles. The Hall–Kier alpha value is -1.43. The van der Waals surface area contributed by atoms with Gasteiger partial charge in [0.25, 0.3) is 0 Å². The van der Waals surface area contributed by atoms with Gasteiger partial charge in [-0.2, -0.15) is 5.10 Å². The highest BCUT2D eigenvalue weighted by atomic mass is 32.1. The number of nitrogens with zero attached hydrogens (tertiary/aromatic N) is 1. The molecule has 0 aliphatic rings. The number of aromatic amines is 1. The molecule has 4 N–H and O–H groups in total. The molecule has 1 amide bonds. The molecule has 1 rings (SSSR count). The number of amides is 1. The highest BCUT2D eigenvalue weighted by Crippen LogP contribution is 2.12. The topological polar surface area (TPSA) is 83.8 Å². The van der Waals surface area contributed by atoms with Crippen molar-refractivity contribution in [3.63, 3.8) is 0 Å². The average molecular weight is 240 g/mol. The van der Waals surface area contributed by atoms with Gasteiger partial charge in [-0.15, -0.1) is 0 Å². The normalized spacial score (nSPS) is 10.4. The van der Waals surface area contributed by atoms with Crippen molar-refractivity contribution in [1.29, 1.82) is 0 Å². The second kappa shape index (κ2) is 5.60. The van der Waals surface area contributed by atoms with Gasteiger partial charge < -0.3 is 11.1 Å². The van der Waals surface area contributed by atoms with Crippen LogP contribution in [0.5, 0.6) is 0 Å². The summed E-state index contributed by atoms with van der Waals surface area (Å²) >= 11 is 4.83. The van der Waals surface area contributed by atoms with E-state index in [1.54, 1.807) is 0 Å². The SMILES string of the molecule is CC(C)CCC(=O)Nc1[nH]ncc1C(N)=S. The lowest BCUT2D eigenvalue weighted by Crippen LogP contribution is -2.17. The van der Waals surface area contributed by atoms with Gasteiger partial charge in [0.05, 0.1) is 11.8 Å². The molecule has 0 radical (unpaired) electrons. The molecule has 0 aliphatic carbocycles. The van der Waals surface area contributed by atoms with Gasteiger partial charge in [0.2, 0.25) is 5.91 Å². The molecule has 1 aromatic rings. The summed E-state index contributed by atoms with van der Waals surface area (Å²) in [6, 6.07) is 0. The van der Waals surface area contributed by atoms with Crippen LogP contribution in [0.15, 0.2) is 6.20 Å². The number of carbonyl (C=O) groups is 1. The first-order chi connectivity index (χ1) is 7.50. The maximum atomic E-state index is 11.5. The number of thiocarbonyl (C=S) groups is 1. The van der Waals surface area contributed by atoms with Gasteiger partial charge >= 0.3 is 0 Å². The molecule has 16 heavy (non-hydrogen) atoms. The number of hydrogen-bond acceptors (Lipinski definition) is 3. The Labute approximate surface area is 99.8 Å². The van der Waals surface area contributed by atoms with Crippen LogP contribution < -0.4 is 11.1 Å². The molecule has 6 heteroatoms. The van der Waals surface area contributed by atoms with E-state index in [0.717, 1.165) is 6.42 Å². The predicted molar refractivity (Wildman–Crippen MR) is 67.2 cm³/mol. The third-order valence-electron chi connectivity index (χ3n) is 2.12. The zero-order valence-corrected chi connectivity index (χ0v) is 10.2. The number of anilines is 1. The first-order valence-electron chi connectivity index (χ1n) is 5.13. The van der Waals surface area contributed by atoms with Gasteiger partial charge in [-0.05, 0) is 12.3 Å². The number of nitrogens with two attached hydrogens (primary N) is 1. The minimum Gasteiger partial charge on any atom is -0.389 e. The van der Waals surface area contributed by atoms with Gasteiger partial charge in [0, 0.05) is 6.42 Å². The van der Waals surface area contributed by atoms with Crippen molar-refractivity contribution in [2.45, 2.75) is 26.7 Å². The molecule has 0 fully saturated rings. The quantitative estimate of drug-likeness (QED) is 0.680. The lowest BCUT2D eigenvalue weighted by Gasteiger charge is -2.06. The van der Waals surface area contributed by atoms with Gasteiger partial charge in [-0.1, -0.05) is 26.1 Å². The van der Waals surface area contributed by atoms with Crippen LogP contribution in [0.2, 0.25) is 0 Å². The molecule has 1 heterocycles. The smallest absolute Gasteiger partial charge is 0.225 e. The lowest BCUT2D eigenvalue weighted by atomic mass is 10.1. The van der Waals surface area contributed by atoms with Crippen molar-refractivity contribution in [1.82, 2.24) is 10.2 Å². The van der Waals surface area contributed by atoms with Crippen molar-refractivity contribution in [2.24, 2.45) is 11.7 Å². The van der Waals surface area contributed by atoms with E-state index >= 15 is 0 Å². The van der Waals surface area contributed by atoms with Crippen LogP contribution >= 0.6 is 12.2 Å². The standard InChI is InChI=1S/C10H16N4OS/c1-6(2)3-4-8(15)13-10-7(9(11)16)5-12-14-10/h5-6H,3-4H2,1-2H3,(H2,11,16)(H2,12,13,14,15). The Morgan fingerprint density at radius 3 is 2.94 bits per heavy atom. The van der Waals surface area contributed by atoms with Gasteiger partial charge in [-0.3, -0.25) is 9.89 Å². The molecule has 0 atom stereocenters. The zero-order chi connectivity index (χ0) is 12.1. The largest absolute Gasteiger partial charge is 0.389 e. The van der Waals surface area contributed by atoms with Crippen molar-refractivity contribution in [3.05, 3.63) is 11.8 Å². The average Bonchev–Trinajstić information content (AvgIpc) is 2.62. The van der Waals surface area contributed by atoms with E-state index in [-0.39, 0.29) is 10.9 Å². The molecular formula is C10H16N4OS. The highest BCUT2D eigenvalue weighted by molar-refractivity contribution is 7.80. The molecule has 0 spiro atoms. The molecule has 0 saturated carbocycles. The van der Waals surface area contributed by atoms with E-state index in [1.807, 2.05) is 0 Å². The number of H-pyrrole nitrogens is 1. The van der Waals surface area contributed by atoms with Gasteiger partial charge in [0.1, 0.15) is 10.8 Å². The lowest BCUT2D eigenvalue weighted by molar-refractivity contribution is -0.116. The fraction of sp³-hybridized carbons (Fsp3) is 0.500. The highest BCUT2D eigenvalue weighted by Gasteiger charge is 2.11. The molecule has 1 aromatic heterocycles. The summed E-state index contributed by atoms with van der Waals surface area (Å²) in [6.07, 6.45) is 2.83. The van der Waals surface area contributed by atoms with Crippen LogP contribution in [0.4, 0.5) is 5.82 Å². The monoisotopic (exact) mass is 240 g/mol. The van der Waals surface area contributed by atoms with Crippen LogP contribution in [0.3, 0.4) is 0 Å². The third kappa shape index (κ3) is 3.62. The maximum Gasteiger partial charge on any atom is 0.225 e. The van der Waals surface area contributed by atoms with E-state index in [4.69, 9.17) is 18.0 Å². The van der Waals surface area contributed by atoms with Crippen molar-refractivity contribution < 1.29 is 4.79 Å². The van der Waals surface area contributed by atoms with Crippen LogP contribution in [0, 0.1) is 5.92 Å². The molecule has 0 aromatic carbocycles. The maximum absolute atomic E-state index is 11.5. The van der Waals surface area contributed by atoms with Crippen LogP contribution in [0.25, 0.3) is 0 Å². The summed E-state index contributed by atoms with van der Waals surface area (Å²) in [5.74, 6) is 0.916. The van der Waals surface area contributed by atoms with E-state index < -0.39 is 0 Å². The Morgan fingerprint density at radius 2 is 2.38 bits per heavy atom. The summed E-state index contributed by atoms with van der Waals surface area (Å²) in [7, 11) is 0. The summed E-state index contributed by atoms with van der Waals surface area (Å²) in [6.45, 7) is 4.15. The van der Waals surface area contributed by atoms with Crippen molar-refractivity contribution in [2.75, 3.05) is 5.32 Å². The molecule has 0 aliphatic heterocycles. The molecule has 0 bridgehead atoms. The number of hydrogen-bond donors (Lipinski definition) is 3. The second-order valence-electron chi connectivity index (χ2n) is 4.00. The fourth-order valence-corrected chi connectivity index (χ4v) is 1.34. The minimum absolute atomic E-state index is 0.0598. The van der Waals surface area contributed by atoms with Crippen LogP contribution in [-0.2, 0) is 4.79 Å². The van der Waals surface area contributed by atoms with Crippen LogP contribution in [-0.4, -0.2) is 21.1 Å². The Bertz CT molecular complexity index is 386. The van der Waals surface area contributed by atoms with Gasteiger partial charge in [-0.25, -0.2) is 0 Å².